The largest absolute Gasteiger partial charge is 0.433 e. The molecular formula is C20H12F3N5. The van der Waals surface area contributed by atoms with Gasteiger partial charge in [0.2, 0.25) is 0 Å². The Labute approximate surface area is 158 Å². The van der Waals surface area contributed by atoms with Crippen LogP contribution in [0.2, 0.25) is 0 Å². The molecule has 0 amide bonds. The summed E-state index contributed by atoms with van der Waals surface area (Å²) < 4.78 is 38.2. The average Bonchev–Trinajstić information content (AvgIpc) is 2.74. The molecule has 4 aromatic heterocycles. The molecule has 0 spiro atoms. The van der Waals surface area contributed by atoms with Gasteiger partial charge in [0, 0.05) is 53.9 Å². The van der Waals surface area contributed by atoms with Crippen LogP contribution >= 0.6 is 0 Å². The van der Waals surface area contributed by atoms with Crippen molar-refractivity contribution in [1.82, 2.24) is 24.9 Å². The van der Waals surface area contributed by atoms with E-state index in [1.54, 1.807) is 31.0 Å². The second-order valence-electron chi connectivity index (χ2n) is 5.86. The van der Waals surface area contributed by atoms with Crippen molar-refractivity contribution in [2.75, 3.05) is 0 Å². The number of pyridine rings is 3. The first-order valence-electron chi connectivity index (χ1n) is 8.24. The fourth-order valence-corrected chi connectivity index (χ4v) is 2.69. The highest BCUT2D eigenvalue weighted by molar-refractivity contribution is 5.81. The molecule has 4 heterocycles. The molecule has 0 unspecified atom stereocenters. The minimum atomic E-state index is -4.49. The smallest absolute Gasteiger partial charge is 0.265 e. The minimum absolute atomic E-state index is 0.283. The third kappa shape index (κ3) is 3.57. The Morgan fingerprint density at radius 3 is 1.86 bits per heavy atom. The van der Waals surface area contributed by atoms with E-state index in [4.69, 9.17) is 0 Å². The van der Waals surface area contributed by atoms with Crippen molar-refractivity contribution >= 4 is 0 Å². The van der Waals surface area contributed by atoms with Gasteiger partial charge in [-0.15, -0.1) is 0 Å². The van der Waals surface area contributed by atoms with Gasteiger partial charge < -0.3 is 0 Å². The molecule has 0 aliphatic carbocycles. The van der Waals surface area contributed by atoms with Gasteiger partial charge in [0.1, 0.15) is 5.69 Å². The van der Waals surface area contributed by atoms with E-state index in [-0.39, 0.29) is 5.82 Å². The maximum atomic E-state index is 12.7. The minimum Gasteiger partial charge on any atom is -0.265 e. The first-order valence-corrected chi connectivity index (χ1v) is 8.24. The zero-order valence-corrected chi connectivity index (χ0v) is 14.3. The molecule has 0 N–H and O–H groups in total. The molecular weight excluding hydrogens is 367 g/mol. The lowest BCUT2D eigenvalue weighted by Gasteiger charge is -2.11. The van der Waals surface area contributed by atoms with Gasteiger partial charge in [-0.2, -0.15) is 13.2 Å². The average molecular weight is 379 g/mol. The molecule has 0 aromatic carbocycles. The third-order valence-corrected chi connectivity index (χ3v) is 4.05. The summed E-state index contributed by atoms with van der Waals surface area (Å²) in [5.74, 6) is 0.283. The lowest BCUT2D eigenvalue weighted by Crippen LogP contribution is -2.07. The number of rotatable bonds is 3. The van der Waals surface area contributed by atoms with Crippen LogP contribution in [0.25, 0.3) is 33.8 Å². The molecule has 0 aliphatic heterocycles. The van der Waals surface area contributed by atoms with Crippen molar-refractivity contribution < 1.29 is 13.2 Å². The Kier molecular flexibility index (Phi) is 4.52. The van der Waals surface area contributed by atoms with E-state index in [9.17, 15) is 13.2 Å². The highest BCUT2D eigenvalue weighted by Gasteiger charge is 2.32. The lowest BCUT2D eigenvalue weighted by atomic mass is 10.0. The lowest BCUT2D eigenvalue weighted by molar-refractivity contribution is -0.141. The summed E-state index contributed by atoms with van der Waals surface area (Å²) in [5, 5.41) is 0. The van der Waals surface area contributed by atoms with E-state index < -0.39 is 11.9 Å². The predicted octanol–water partition coefficient (Wildman–Crippen LogP) is 4.68. The van der Waals surface area contributed by atoms with Crippen molar-refractivity contribution in [2.24, 2.45) is 0 Å². The second-order valence-corrected chi connectivity index (χ2v) is 5.86. The Balaban J connectivity index is 1.83. The monoisotopic (exact) mass is 379 g/mol. The van der Waals surface area contributed by atoms with Gasteiger partial charge in [-0.25, -0.2) is 9.97 Å². The Morgan fingerprint density at radius 1 is 0.643 bits per heavy atom. The fourth-order valence-electron chi connectivity index (χ4n) is 2.69. The molecule has 8 heteroatoms. The number of alkyl halides is 3. The van der Waals surface area contributed by atoms with Crippen LogP contribution in [0.15, 0.2) is 73.6 Å². The van der Waals surface area contributed by atoms with Crippen molar-refractivity contribution in [3.8, 4) is 33.8 Å². The molecule has 4 rings (SSSR count). The number of halogens is 3. The summed E-state index contributed by atoms with van der Waals surface area (Å²) in [5.41, 5.74) is 2.53. The maximum absolute atomic E-state index is 12.7. The third-order valence-electron chi connectivity index (χ3n) is 4.05. The summed E-state index contributed by atoms with van der Waals surface area (Å²) in [6.45, 7) is 0. The van der Waals surface area contributed by atoms with Gasteiger partial charge in [-0.1, -0.05) is 0 Å². The molecule has 138 valence electrons. The van der Waals surface area contributed by atoms with Crippen LogP contribution in [0.3, 0.4) is 0 Å². The highest BCUT2D eigenvalue weighted by atomic mass is 19.4. The van der Waals surface area contributed by atoms with Crippen molar-refractivity contribution in [2.45, 2.75) is 6.18 Å². The first-order chi connectivity index (χ1) is 13.5. The van der Waals surface area contributed by atoms with Crippen molar-refractivity contribution in [3.05, 3.63) is 79.3 Å². The number of nitrogens with zero attached hydrogens (tertiary/aromatic N) is 5. The van der Waals surface area contributed by atoms with Crippen molar-refractivity contribution in [3.63, 3.8) is 0 Å². The van der Waals surface area contributed by atoms with Crippen LogP contribution in [-0.4, -0.2) is 24.9 Å². The van der Waals surface area contributed by atoms with Crippen LogP contribution in [0.1, 0.15) is 5.69 Å². The van der Waals surface area contributed by atoms with Gasteiger partial charge in [0.05, 0.1) is 5.69 Å². The van der Waals surface area contributed by atoms with Gasteiger partial charge in [0.25, 0.3) is 0 Å². The maximum Gasteiger partial charge on any atom is 0.433 e. The summed E-state index contributed by atoms with van der Waals surface area (Å²) in [4.78, 5) is 20.5. The van der Waals surface area contributed by atoms with E-state index in [1.165, 1.54) is 6.07 Å². The SMILES string of the molecule is FC(F)(F)c1ccc(-c2ncc(-c3ccncc3)c(-c3ccncc3)n2)cn1. The zero-order valence-electron chi connectivity index (χ0n) is 14.3. The Hall–Kier alpha value is -3.68. The summed E-state index contributed by atoms with van der Waals surface area (Å²) in [7, 11) is 0. The molecule has 5 nitrogen and oxygen atoms in total. The molecule has 4 aromatic rings. The molecule has 0 radical (unpaired) electrons. The second kappa shape index (κ2) is 7.15. The van der Waals surface area contributed by atoms with E-state index >= 15 is 0 Å². The standard InChI is InChI=1S/C20H12F3N5/c21-20(22,23)17-2-1-15(11-26-17)19-27-12-16(13-3-7-24-8-4-13)18(28-19)14-5-9-25-10-6-14/h1-12H. The van der Waals surface area contributed by atoms with E-state index in [0.717, 1.165) is 29.0 Å². The first kappa shape index (κ1) is 17.7. The normalized spacial score (nSPS) is 11.4. The van der Waals surface area contributed by atoms with Crippen LogP contribution in [0.4, 0.5) is 13.2 Å². The molecule has 0 bridgehead atoms. The Morgan fingerprint density at radius 2 is 1.29 bits per heavy atom. The summed E-state index contributed by atoms with van der Waals surface area (Å²) in [6, 6.07) is 9.52. The molecule has 0 aliphatic rings. The Bertz CT molecular complexity index is 1080. The van der Waals surface area contributed by atoms with E-state index in [1.807, 2.05) is 24.3 Å². The zero-order chi connectivity index (χ0) is 19.6. The van der Waals surface area contributed by atoms with E-state index in [0.29, 0.717) is 11.3 Å². The number of hydrogen-bond acceptors (Lipinski definition) is 5. The van der Waals surface area contributed by atoms with Gasteiger partial charge in [0.15, 0.2) is 5.82 Å². The molecule has 0 fully saturated rings. The van der Waals surface area contributed by atoms with Gasteiger partial charge >= 0.3 is 6.18 Å². The summed E-state index contributed by atoms with van der Waals surface area (Å²) >= 11 is 0. The highest BCUT2D eigenvalue weighted by Crippen LogP contribution is 2.32. The molecule has 0 saturated carbocycles. The van der Waals surface area contributed by atoms with Gasteiger partial charge in [-0.05, 0) is 42.0 Å². The quantitative estimate of drug-likeness (QED) is 0.517. The van der Waals surface area contributed by atoms with Crippen LogP contribution < -0.4 is 0 Å². The number of aromatic nitrogens is 5. The number of hydrogen-bond donors (Lipinski definition) is 0. The van der Waals surface area contributed by atoms with Crippen molar-refractivity contribution in [1.29, 1.82) is 0 Å². The van der Waals surface area contributed by atoms with Gasteiger partial charge in [-0.3, -0.25) is 15.0 Å². The fraction of sp³-hybridized carbons (Fsp3) is 0.0500. The van der Waals surface area contributed by atoms with Crippen LogP contribution in [-0.2, 0) is 6.18 Å². The topological polar surface area (TPSA) is 64.5 Å². The predicted molar refractivity (Wildman–Crippen MR) is 96.7 cm³/mol. The summed E-state index contributed by atoms with van der Waals surface area (Å²) in [6.07, 6.45) is 4.90. The van der Waals surface area contributed by atoms with E-state index in [2.05, 4.69) is 24.9 Å². The molecule has 28 heavy (non-hydrogen) atoms. The molecule has 0 atom stereocenters. The van der Waals surface area contributed by atoms with Crippen LogP contribution in [0.5, 0.6) is 0 Å². The van der Waals surface area contributed by atoms with Crippen LogP contribution in [0, 0.1) is 0 Å². The molecule has 0 saturated heterocycles.